The van der Waals surface area contributed by atoms with Crippen LogP contribution in [0.15, 0.2) is 54.6 Å². The van der Waals surface area contributed by atoms with E-state index in [9.17, 15) is 0 Å². The van der Waals surface area contributed by atoms with Crippen molar-refractivity contribution in [3.8, 4) is 0 Å². The van der Waals surface area contributed by atoms with Crippen molar-refractivity contribution in [2.45, 2.75) is 38.6 Å². The summed E-state index contributed by atoms with van der Waals surface area (Å²) in [5.41, 5.74) is 4.22. The summed E-state index contributed by atoms with van der Waals surface area (Å²) >= 11 is 0. The van der Waals surface area contributed by atoms with Gasteiger partial charge in [0.1, 0.15) is 0 Å². The van der Waals surface area contributed by atoms with Gasteiger partial charge in [-0.15, -0.1) is 0 Å². The third kappa shape index (κ3) is 3.71. The Balaban J connectivity index is 2.08. The van der Waals surface area contributed by atoms with Crippen LogP contribution in [0, 0.1) is 0 Å². The highest BCUT2D eigenvalue weighted by Crippen LogP contribution is 2.21. The number of rotatable bonds is 6. The standard InChI is InChI=1S/C19H25N/c1-4-16-10-12-17(13-11-16)14-19(20-3)15(2)18-8-6-5-7-9-18/h5-13,15,19-20H,4,14H2,1-3H3. The van der Waals surface area contributed by atoms with Crippen LogP contribution in [0.1, 0.15) is 36.5 Å². The fourth-order valence-electron chi connectivity index (χ4n) is 2.68. The number of hydrogen-bond donors (Lipinski definition) is 1. The van der Waals surface area contributed by atoms with Crippen molar-refractivity contribution in [3.63, 3.8) is 0 Å². The molecule has 0 bridgehead atoms. The van der Waals surface area contributed by atoms with E-state index in [1.54, 1.807) is 0 Å². The second kappa shape index (κ2) is 7.25. The molecule has 0 fully saturated rings. The third-order valence-corrected chi connectivity index (χ3v) is 4.19. The summed E-state index contributed by atoms with van der Waals surface area (Å²) in [5, 5.41) is 3.48. The van der Waals surface area contributed by atoms with E-state index in [0.29, 0.717) is 12.0 Å². The second-order valence-corrected chi connectivity index (χ2v) is 5.47. The van der Waals surface area contributed by atoms with Crippen molar-refractivity contribution in [2.24, 2.45) is 0 Å². The predicted molar refractivity (Wildman–Crippen MR) is 87.2 cm³/mol. The Hall–Kier alpha value is -1.60. The Morgan fingerprint density at radius 1 is 0.900 bits per heavy atom. The molecule has 0 aromatic heterocycles. The van der Waals surface area contributed by atoms with E-state index in [-0.39, 0.29) is 0 Å². The Kier molecular flexibility index (Phi) is 5.37. The minimum Gasteiger partial charge on any atom is -0.316 e. The molecule has 0 amide bonds. The van der Waals surface area contributed by atoms with Gasteiger partial charge in [0.2, 0.25) is 0 Å². The molecule has 2 atom stereocenters. The zero-order valence-electron chi connectivity index (χ0n) is 12.8. The lowest BCUT2D eigenvalue weighted by Crippen LogP contribution is -2.32. The van der Waals surface area contributed by atoms with Crippen LogP contribution >= 0.6 is 0 Å². The molecule has 2 rings (SSSR count). The van der Waals surface area contributed by atoms with Crippen LogP contribution in [-0.4, -0.2) is 13.1 Å². The Morgan fingerprint density at radius 3 is 2.05 bits per heavy atom. The molecule has 0 aliphatic heterocycles. The van der Waals surface area contributed by atoms with Crippen molar-refractivity contribution < 1.29 is 0 Å². The molecule has 106 valence electrons. The molecular weight excluding hydrogens is 242 g/mol. The van der Waals surface area contributed by atoms with Crippen LogP contribution in [-0.2, 0) is 12.8 Å². The van der Waals surface area contributed by atoms with Gasteiger partial charge in [-0.2, -0.15) is 0 Å². The van der Waals surface area contributed by atoms with E-state index in [0.717, 1.165) is 12.8 Å². The molecule has 1 N–H and O–H groups in total. The van der Waals surface area contributed by atoms with Crippen molar-refractivity contribution in [1.29, 1.82) is 0 Å². The molecule has 0 radical (unpaired) electrons. The van der Waals surface area contributed by atoms with Gasteiger partial charge >= 0.3 is 0 Å². The van der Waals surface area contributed by atoms with Gasteiger partial charge in [0.25, 0.3) is 0 Å². The molecule has 0 saturated heterocycles. The van der Waals surface area contributed by atoms with Gasteiger partial charge in [-0.3, -0.25) is 0 Å². The number of benzene rings is 2. The average Bonchev–Trinajstić information content (AvgIpc) is 2.53. The summed E-state index contributed by atoms with van der Waals surface area (Å²) in [7, 11) is 2.06. The first-order valence-corrected chi connectivity index (χ1v) is 7.54. The molecule has 1 heteroatoms. The molecule has 0 aliphatic rings. The lowest BCUT2D eigenvalue weighted by Gasteiger charge is -2.24. The molecule has 0 spiro atoms. The molecule has 2 aromatic carbocycles. The molecule has 20 heavy (non-hydrogen) atoms. The normalized spacial score (nSPS) is 13.9. The minimum absolute atomic E-state index is 0.463. The summed E-state index contributed by atoms with van der Waals surface area (Å²) in [5.74, 6) is 0.507. The Morgan fingerprint density at radius 2 is 1.50 bits per heavy atom. The SMILES string of the molecule is CCc1ccc(CC(NC)C(C)c2ccccc2)cc1. The maximum Gasteiger partial charge on any atom is 0.0170 e. The van der Waals surface area contributed by atoms with Crippen LogP contribution in [0.4, 0.5) is 0 Å². The van der Waals surface area contributed by atoms with E-state index in [1.165, 1.54) is 16.7 Å². The van der Waals surface area contributed by atoms with E-state index < -0.39 is 0 Å². The monoisotopic (exact) mass is 267 g/mol. The fourth-order valence-corrected chi connectivity index (χ4v) is 2.68. The van der Waals surface area contributed by atoms with Crippen LogP contribution < -0.4 is 5.32 Å². The largest absolute Gasteiger partial charge is 0.316 e. The maximum atomic E-state index is 3.48. The molecule has 1 nitrogen and oxygen atoms in total. The quantitative estimate of drug-likeness (QED) is 0.827. The highest BCUT2D eigenvalue weighted by Gasteiger charge is 2.17. The van der Waals surface area contributed by atoms with Crippen LogP contribution in [0.3, 0.4) is 0 Å². The van der Waals surface area contributed by atoms with Crippen LogP contribution in [0.2, 0.25) is 0 Å². The van der Waals surface area contributed by atoms with Gasteiger partial charge in [0.15, 0.2) is 0 Å². The number of hydrogen-bond acceptors (Lipinski definition) is 1. The van der Waals surface area contributed by atoms with E-state index in [2.05, 4.69) is 80.8 Å². The van der Waals surface area contributed by atoms with Crippen molar-refractivity contribution >= 4 is 0 Å². The minimum atomic E-state index is 0.463. The molecule has 0 aliphatic carbocycles. The van der Waals surface area contributed by atoms with Gasteiger partial charge in [0.05, 0.1) is 0 Å². The smallest absolute Gasteiger partial charge is 0.0170 e. The summed E-state index contributed by atoms with van der Waals surface area (Å²) in [6, 6.07) is 20.2. The number of likely N-dealkylation sites (N-methyl/N-ethyl adjacent to an activating group) is 1. The van der Waals surface area contributed by atoms with Crippen LogP contribution in [0.5, 0.6) is 0 Å². The van der Waals surface area contributed by atoms with Gasteiger partial charge in [0, 0.05) is 6.04 Å². The van der Waals surface area contributed by atoms with Crippen molar-refractivity contribution in [3.05, 3.63) is 71.3 Å². The number of nitrogens with one attached hydrogen (secondary N) is 1. The third-order valence-electron chi connectivity index (χ3n) is 4.19. The second-order valence-electron chi connectivity index (χ2n) is 5.47. The van der Waals surface area contributed by atoms with Crippen LogP contribution in [0.25, 0.3) is 0 Å². The topological polar surface area (TPSA) is 12.0 Å². The molecule has 2 aromatic rings. The Labute approximate surface area is 123 Å². The average molecular weight is 267 g/mol. The van der Waals surface area contributed by atoms with Gasteiger partial charge in [-0.05, 0) is 42.5 Å². The molecule has 2 unspecified atom stereocenters. The zero-order chi connectivity index (χ0) is 14.4. The highest BCUT2D eigenvalue weighted by atomic mass is 14.9. The fraction of sp³-hybridized carbons (Fsp3) is 0.368. The summed E-state index contributed by atoms with van der Waals surface area (Å²) in [6.07, 6.45) is 2.17. The van der Waals surface area contributed by atoms with E-state index in [1.807, 2.05) is 0 Å². The zero-order valence-corrected chi connectivity index (χ0v) is 12.8. The summed E-state index contributed by atoms with van der Waals surface area (Å²) in [4.78, 5) is 0. The van der Waals surface area contributed by atoms with E-state index >= 15 is 0 Å². The first-order chi connectivity index (χ1) is 9.74. The van der Waals surface area contributed by atoms with Gasteiger partial charge < -0.3 is 5.32 Å². The lowest BCUT2D eigenvalue weighted by atomic mass is 9.89. The molecular formula is C19H25N. The summed E-state index contributed by atoms with van der Waals surface area (Å²) in [6.45, 7) is 4.50. The first-order valence-electron chi connectivity index (χ1n) is 7.54. The van der Waals surface area contributed by atoms with E-state index in [4.69, 9.17) is 0 Å². The first kappa shape index (κ1) is 14.8. The number of aryl methyl sites for hydroxylation is 1. The molecule has 0 heterocycles. The van der Waals surface area contributed by atoms with Crippen molar-refractivity contribution in [1.82, 2.24) is 5.32 Å². The van der Waals surface area contributed by atoms with Gasteiger partial charge in [-0.25, -0.2) is 0 Å². The maximum absolute atomic E-state index is 3.48. The molecule has 0 saturated carbocycles. The lowest BCUT2D eigenvalue weighted by molar-refractivity contribution is 0.483. The highest BCUT2D eigenvalue weighted by molar-refractivity contribution is 5.25. The van der Waals surface area contributed by atoms with Gasteiger partial charge in [-0.1, -0.05) is 68.4 Å². The predicted octanol–water partition coefficient (Wildman–Crippen LogP) is 4.18. The van der Waals surface area contributed by atoms with Crippen molar-refractivity contribution in [2.75, 3.05) is 7.05 Å². The Bertz CT molecular complexity index is 501. The summed E-state index contributed by atoms with van der Waals surface area (Å²) < 4.78 is 0.